The van der Waals surface area contributed by atoms with Crippen LogP contribution in [0.15, 0.2) is 59.3 Å². The van der Waals surface area contributed by atoms with E-state index in [1.54, 1.807) is 6.92 Å². The van der Waals surface area contributed by atoms with Gasteiger partial charge in [0.05, 0.1) is 23.6 Å². The van der Waals surface area contributed by atoms with Gasteiger partial charge in [-0.3, -0.25) is 10.1 Å². The molecule has 0 heterocycles. The van der Waals surface area contributed by atoms with Crippen molar-refractivity contribution >= 4 is 11.9 Å². The van der Waals surface area contributed by atoms with Gasteiger partial charge in [0.1, 0.15) is 0 Å². The van der Waals surface area contributed by atoms with Gasteiger partial charge in [0.15, 0.2) is 5.96 Å². The van der Waals surface area contributed by atoms with Gasteiger partial charge < -0.3 is 10.4 Å². The van der Waals surface area contributed by atoms with Crippen molar-refractivity contribution in [1.29, 1.82) is 0 Å². The Balaban J connectivity index is 2.17. The SMILES string of the molecule is C=C=C(C)CC/C=C/C(CC(C)NC(=NC1CCC(O)CC1)NC(=O)c1ccc(C(F)(F)F)cc1)C(F)(F)F. The summed E-state index contributed by atoms with van der Waals surface area (Å²) in [4.78, 5) is 17.2. The Morgan fingerprint density at radius 3 is 2.31 bits per heavy atom. The van der Waals surface area contributed by atoms with E-state index in [1.165, 1.54) is 13.0 Å². The minimum atomic E-state index is -4.56. The van der Waals surface area contributed by atoms with Crippen LogP contribution in [0.1, 0.15) is 74.7 Å². The number of nitrogens with zero attached hydrogens (tertiary/aromatic N) is 1. The molecular formula is C28H35F6N3O2. The smallest absolute Gasteiger partial charge is 0.393 e. The number of nitrogens with one attached hydrogen (secondary N) is 2. The van der Waals surface area contributed by atoms with Crippen LogP contribution < -0.4 is 10.6 Å². The maximum absolute atomic E-state index is 13.7. The Hall–Kier alpha value is -3.04. The van der Waals surface area contributed by atoms with Crippen molar-refractivity contribution in [2.24, 2.45) is 10.9 Å². The molecule has 2 rings (SSSR count). The molecule has 0 aromatic heterocycles. The molecule has 0 aliphatic heterocycles. The van der Waals surface area contributed by atoms with E-state index in [-0.39, 0.29) is 24.0 Å². The molecule has 1 fully saturated rings. The van der Waals surface area contributed by atoms with E-state index < -0.39 is 41.9 Å². The zero-order valence-corrected chi connectivity index (χ0v) is 22.0. The fourth-order valence-corrected chi connectivity index (χ4v) is 4.11. The largest absolute Gasteiger partial charge is 0.416 e. The number of halogens is 6. The number of aliphatic hydroxyl groups excluding tert-OH is 1. The zero-order valence-electron chi connectivity index (χ0n) is 22.0. The number of amides is 1. The second kappa shape index (κ2) is 14.4. The first-order valence-electron chi connectivity index (χ1n) is 12.8. The van der Waals surface area contributed by atoms with E-state index >= 15 is 0 Å². The number of rotatable bonds is 9. The average molecular weight is 560 g/mol. The Labute approximate surface area is 224 Å². The summed E-state index contributed by atoms with van der Waals surface area (Å²) in [5.41, 5.74) is 2.56. The van der Waals surface area contributed by atoms with Gasteiger partial charge in [0, 0.05) is 11.6 Å². The van der Waals surface area contributed by atoms with Crippen LogP contribution in [-0.2, 0) is 6.18 Å². The molecular weight excluding hydrogens is 524 g/mol. The van der Waals surface area contributed by atoms with Gasteiger partial charge in [-0.25, -0.2) is 4.99 Å². The van der Waals surface area contributed by atoms with E-state index in [0.717, 1.165) is 35.9 Å². The first kappa shape index (κ1) is 32.2. The first-order valence-corrected chi connectivity index (χ1v) is 12.8. The molecule has 0 spiro atoms. The maximum atomic E-state index is 13.7. The fourth-order valence-electron chi connectivity index (χ4n) is 4.11. The van der Waals surface area contributed by atoms with Crippen LogP contribution in [-0.4, -0.2) is 41.3 Å². The Morgan fingerprint density at radius 1 is 1.15 bits per heavy atom. The third-order valence-corrected chi connectivity index (χ3v) is 6.45. The number of aliphatic imine (C=N–C) groups is 1. The van der Waals surface area contributed by atoms with Crippen molar-refractivity contribution < 1.29 is 36.2 Å². The summed E-state index contributed by atoms with van der Waals surface area (Å²) in [6, 6.07) is 2.54. The predicted octanol–water partition coefficient (Wildman–Crippen LogP) is 6.71. The number of alkyl halides is 6. The van der Waals surface area contributed by atoms with Crippen molar-refractivity contribution in [3.05, 3.63) is 65.4 Å². The van der Waals surface area contributed by atoms with E-state index in [9.17, 15) is 36.2 Å². The molecule has 2 atom stereocenters. The molecule has 39 heavy (non-hydrogen) atoms. The number of allylic oxidation sites excluding steroid dienone is 3. The number of aliphatic hydroxyl groups is 1. The number of hydrogen-bond acceptors (Lipinski definition) is 3. The molecule has 0 saturated heterocycles. The minimum Gasteiger partial charge on any atom is -0.393 e. The lowest BCUT2D eigenvalue weighted by molar-refractivity contribution is -0.163. The predicted molar refractivity (Wildman–Crippen MR) is 138 cm³/mol. The van der Waals surface area contributed by atoms with Gasteiger partial charge in [-0.1, -0.05) is 18.7 Å². The molecule has 0 bridgehead atoms. The summed E-state index contributed by atoms with van der Waals surface area (Å²) >= 11 is 0. The van der Waals surface area contributed by atoms with Crippen LogP contribution in [0.25, 0.3) is 0 Å². The second-order valence-corrected chi connectivity index (χ2v) is 9.82. The molecule has 1 aliphatic rings. The summed E-state index contributed by atoms with van der Waals surface area (Å²) in [5, 5.41) is 15.1. The van der Waals surface area contributed by atoms with E-state index in [2.05, 4.69) is 27.9 Å². The lowest BCUT2D eigenvalue weighted by atomic mass is 9.94. The molecule has 1 aliphatic carbocycles. The summed E-state index contributed by atoms with van der Waals surface area (Å²) in [6.07, 6.45) is -4.29. The van der Waals surface area contributed by atoms with Crippen LogP contribution >= 0.6 is 0 Å². The van der Waals surface area contributed by atoms with Crippen molar-refractivity contribution in [3.63, 3.8) is 0 Å². The summed E-state index contributed by atoms with van der Waals surface area (Å²) in [7, 11) is 0. The second-order valence-electron chi connectivity index (χ2n) is 9.82. The third kappa shape index (κ3) is 11.3. The Kier molecular flexibility index (Phi) is 11.9. The molecule has 1 aromatic rings. The topological polar surface area (TPSA) is 73.7 Å². The van der Waals surface area contributed by atoms with E-state index in [0.29, 0.717) is 38.5 Å². The quantitative estimate of drug-likeness (QED) is 0.104. The average Bonchev–Trinajstić information content (AvgIpc) is 2.85. The molecule has 1 saturated carbocycles. The molecule has 3 N–H and O–H groups in total. The molecule has 1 amide bonds. The van der Waals surface area contributed by atoms with E-state index in [1.807, 2.05) is 0 Å². The standard InChI is InChI=1S/C28H35F6N3O2/c1-4-18(2)7-5-6-8-22(28(32,33)34)17-19(3)35-26(36-23-13-15-24(38)16-14-23)37-25(39)20-9-11-21(12-10-20)27(29,30)31/h6,8-12,19,22-24,38H,1,5,7,13-17H2,2-3H3,(H2,35,36,37,39)/b8-6+. The Morgan fingerprint density at radius 2 is 1.77 bits per heavy atom. The van der Waals surface area contributed by atoms with Crippen LogP contribution in [0, 0.1) is 5.92 Å². The molecule has 0 radical (unpaired) electrons. The summed E-state index contributed by atoms with van der Waals surface area (Å²) < 4.78 is 79.7. The Bertz CT molecular complexity index is 1050. The lowest BCUT2D eigenvalue weighted by Gasteiger charge is -2.26. The third-order valence-electron chi connectivity index (χ3n) is 6.45. The lowest BCUT2D eigenvalue weighted by Crippen LogP contribution is -2.47. The number of hydrogen-bond donors (Lipinski definition) is 3. The van der Waals surface area contributed by atoms with Gasteiger partial charge >= 0.3 is 12.4 Å². The highest BCUT2D eigenvalue weighted by molar-refractivity contribution is 6.05. The monoisotopic (exact) mass is 559 g/mol. The maximum Gasteiger partial charge on any atom is 0.416 e. The van der Waals surface area contributed by atoms with Crippen LogP contribution in [0.4, 0.5) is 26.3 Å². The molecule has 216 valence electrons. The van der Waals surface area contributed by atoms with Crippen molar-refractivity contribution in [2.45, 2.75) is 89.3 Å². The van der Waals surface area contributed by atoms with Gasteiger partial charge in [0.25, 0.3) is 5.91 Å². The number of carbonyl (C=O) groups excluding carboxylic acids is 1. The van der Waals surface area contributed by atoms with E-state index in [4.69, 9.17) is 0 Å². The van der Waals surface area contributed by atoms with Crippen LogP contribution in [0.2, 0.25) is 0 Å². The fraction of sp³-hybridized carbons (Fsp3) is 0.536. The molecule has 2 unspecified atom stereocenters. The van der Waals surface area contributed by atoms with Crippen molar-refractivity contribution in [3.8, 4) is 0 Å². The number of carbonyl (C=O) groups is 1. The van der Waals surface area contributed by atoms with Crippen molar-refractivity contribution in [2.75, 3.05) is 0 Å². The van der Waals surface area contributed by atoms with Gasteiger partial charge in [0.2, 0.25) is 0 Å². The molecule has 1 aromatic carbocycles. The van der Waals surface area contributed by atoms with Crippen LogP contribution in [0.3, 0.4) is 0 Å². The normalized spacial score (nSPS) is 20.3. The first-order chi connectivity index (χ1) is 18.2. The highest BCUT2D eigenvalue weighted by Crippen LogP contribution is 2.32. The molecule has 11 heteroatoms. The zero-order chi connectivity index (χ0) is 29.2. The van der Waals surface area contributed by atoms with Gasteiger partial charge in [-0.05, 0) is 88.6 Å². The molecule has 5 nitrogen and oxygen atoms in total. The number of guanidine groups is 1. The highest BCUT2D eigenvalue weighted by Gasteiger charge is 2.38. The van der Waals surface area contributed by atoms with Crippen LogP contribution in [0.5, 0.6) is 0 Å². The van der Waals surface area contributed by atoms with Gasteiger partial charge in [-0.2, -0.15) is 26.3 Å². The van der Waals surface area contributed by atoms with Crippen molar-refractivity contribution in [1.82, 2.24) is 10.6 Å². The summed E-state index contributed by atoms with van der Waals surface area (Å²) in [5.74, 6) is -2.56. The highest BCUT2D eigenvalue weighted by atomic mass is 19.4. The van der Waals surface area contributed by atoms with Gasteiger partial charge in [-0.15, -0.1) is 5.73 Å². The number of benzene rings is 1. The summed E-state index contributed by atoms with van der Waals surface area (Å²) in [6.45, 7) is 6.83. The minimum absolute atomic E-state index is 0.0644.